The topological polar surface area (TPSA) is 99.0 Å². The Kier molecular flexibility index (Phi) is 6.34. The van der Waals surface area contributed by atoms with Gasteiger partial charge in [-0.15, -0.1) is 10.2 Å². The van der Waals surface area contributed by atoms with Crippen LogP contribution in [-0.4, -0.2) is 38.2 Å². The van der Waals surface area contributed by atoms with E-state index in [1.807, 2.05) is 24.3 Å². The number of aromatic nitrogens is 4. The third-order valence-corrected chi connectivity index (χ3v) is 4.28. The van der Waals surface area contributed by atoms with Crippen molar-refractivity contribution in [2.24, 2.45) is 0 Å². The van der Waals surface area contributed by atoms with Gasteiger partial charge in [-0.1, -0.05) is 12.1 Å². The number of carbonyl (C=O) groups excluding carboxylic acids is 2. The molecule has 1 heterocycles. The second-order valence-corrected chi connectivity index (χ2v) is 7.48. The van der Waals surface area contributed by atoms with Gasteiger partial charge in [0.2, 0.25) is 11.7 Å². The van der Waals surface area contributed by atoms with Gasteiger partial charge in [-0.25, -0.2) is 4.79 Å². The molecule has 3 aromatic rings. The predicted molar refractivity (Wildman–Crippen MR) is 112 cm³/mol. The summed E-state index contributed by atoms with van der Waals surface area (Å²) in [6, 6.07) is 14.2. The highest BCUT2D eigenvalue weighted by molar-refractivity contribution is 14.1. The van der Waals surface area contributed by atoms with Gasteiger partial charge in [0.05, 0.1) is 11.7 Å². The molecule has 8 nitrogen and oxygen atoms in total. The van der Waals surface area contributed by atoms with Crippen molar-refractivity contribution in [3.8, 4) is 11.4 Å². The number of halogens is 1. The van der Waals surface area contributed by atoms with Crippen LogP contribution in [0.5, 0.6) is 0 Å². The molecule has 0 bridgehead atoms. The van der Waals surface area contributed by atoms with Gasteiger partial charge >= 0.3 is 5.97 Å². The van der Waals surface area contributed by atoms with Crippen molar-refractivity contribution >= 4 is 40.2 Å². The maximum atomic E-state index is 12.2. The van der Waals surface area contributed by atoms with E-state index in [2.05, 4.69) is 43.3 Å². The number of nitrogens with zero attached hydrogens (tertiary/aromatic N) is 4. The highest BCUT2D eigenvalue weighted by atomic mass is 127. The highest BCUT2D eigenvalue weighted by Crippen LogP contribution is 2.17. The van der Waals surface area contributed by atoms with E-state index in [4.69, 9.17) is 4.74 Å². The molecule has 0 fully saturated rings. The van der Waals surface area contributed by atoms with E-state index in [0.717, 1.165) is 3.57 Å². The maximum absolute atomic E-state index is 12.2. The fourth-order valence-corrected chi connectivity index (χ4v) is 2.71. The monoisotopic (exact) mass is 491 g/mol. The standard InChI is InChI=1S/C19H18IN5O3/c1-12(2)28-19(27)14-5-3-4-13(10-14)18-22-24-25(23-18)11-17(26)21-16-8-6-15(20)7-9-16/h3-10,12H,11H2,1-2H3,(H,21,26). The minimum atomic E-state index is -0.416. The second kappa shape index (κ2) is 8.91. The Balaban J connectivity index is 1.67. The van der Waals surface area contributed by atoms with Crippen molar-refractivity contribution in [2.45, 2.75) is 26.5 Å². The van der Waals surface area contributed by atoms with Gasteiger partial charge < -0.3 is 10.1 Å². The molecule has 0 aliphatic heterocycles. The van der Waals surface area contributed by atoms with Crippen molar-refractivity contribution in [2.75, 3.05) is 5.32 Å². The van der Waals surface area contributed by atoms with E-state index in [0.29, 0.717) is 22.6 Å². The molecule has 1 amide bonds. The molecule has 0 saturated heterocycles. The van der Waals surface area contributed by atoms with Crippen LogP contribution in [0.15, 0.2) is 48.5 Å². The first-order valence-corrected chi connectivity index (χ1v) is 9.63. The van der Waals surface area contributed by atoms with Crippen molar-refractivity contribution in [1.82, 2.24) is 20.2 Å². The third kappa shape index (κ3) is 5.35. The van der Waals surface area contributed by atoms with Gasteiger partial charge in [-0.2, -0.15) is 4.80 Å². The van der Waals surface area contributed by atoms with Crippen LogP contribution in [0, 0.1) is 3.57 Å². The number of amides is 1. The number of rotatable bonds is 6. The number of tetrazole rings is 1. The number of hydrogen-bond donors (Lipinski definition) is 1. The highest BCUT2D eigenvalue weighted by Gasteiger charge is 2.13. The molecule has 0 radical (unpaired) electrons. The molecular weight excluding hydrogens is 473 g/mol. The summed E-state index contributed by atoms with van der Waals surface area (Å²) in [6.07, 6.45) is -0.207. The SMILES string of the molecule is CC(C)OC(=O)c1cccc(-c2nnn(CC(=O)Nc3ccc(I)cc3)n2)c1. The van der Waals surface area contributed by atoms with E-state index in [-0.39, 0.29) is 18.6 Å². The molecule has 3 rings (SSSR count). The van der Waals surface area contributed by atoms with Gasteiger partial charge in [0.1, 0.15) is 6.54 Å². The first-order chi connectivity index (χ1) is 13.4. The molecule has 0 aliphatic carbocycles. The fraction of sp³-hybridized carbons (Fsp3) is 0.211. The lowest BCUT2D eigenvalue weighted by Gasteiger charge is -2.08. The van der Waals surface area contributed by atoms with Crippen LogP contribution in [0.4, 0.5) is 5.69 Å². The molecule has 0 unspecified atom stereocenters. The summed E-state index contributed by atoms with van der Waals surface area (Å²) in [5.41, 5.74) is 1.71. The number of esters is 1. The van der Waals surface area contributed by atoms with Gasteiger partial charge in [-0.05, 0) is 78.0 Å². The van der Waals surface area contributed by atoms with Crippen molar-refractivity contribution in [1.29, 1.82) is 0 Å². The molecule has 0 spiro atoms. The van der Waals surface area contributed by atoms with Gasteiger partial charge in [0.15, 0.2) is 0 Å². The lowest BCUT2D eigenvalue weighted by molar-refractivity contribution is -0.117. The Morgan fingerprint density at radius 3 is 2.64 bits per heavy atom. The van der Waals surface area contributed by atoms with Crippen LogP contribution in [0.3, 0.4) is 0 Å². The second-order valence-electron chi connectivity index (χ2n) is 6.23. The maximum Gasteiger partial charge on any atom is 0.338 e. The zero-order chi connectivity index (χ0) is 20.1. The molecule has 0 saturated carbocycles. The van der Waals surface area contributed by atoms with E-state index >= 15 is 0 Å². The van der Waals surface area contributed by atoms with Gasteiger partial charge in [-0.3, -0.25) is 4.79 Å². The first-order valence-electron chi connectivity index (χ1n) is 8.55. The molecule has 28 heavy (non-hydrogen) atoms. The Labute approximate surface area is 175 Å². The molecular formula is C19H18IN5O3. The van der Waals surface area contributed by atoms with Crippen LogP contribution < -0.4 is 5.32 Å². The van der Waals surface area contributed by atoms with Gasteiger partial charge in [0, 0.05) is 14.8 Å². The van der Waals surface area contributed by atoms with Crippen molar-refractivity contribution < 1.29 is 14.3 Å². The number of ether oxygens (including phenoxy) is 1. The summed E-state index contributed by atoms with van der Waals surface area (Å²) in [5.74, 6) is -0.359. The van der Waals surface area contributed by atoms with E-state index in [1.165, 1.54) is 4.80 Å². The largest absolute Gasteiger partial charge is 0.459 e. The van der Waals surface area contributed by atoms with E-state index in [9.17, 15) is 9.59 Å². The molecule has 0 aliphatic rings. The number of hydrogen-bond acceptors (Lipinski definition) is 6. The number of nitrogens with one attached hydrogen (secondary N) is 1. The lowest BCUT2D eigenvalue weighted by Crippen LogP contribution is -2.20. The average molecular weight is 491 g/mol. The van der Waals surface area contributed by atoms with Crippen LogP contribution >= 0.6 is 22.6 Å². The molecule has 0 atom stereocenters. The van der Waals surface area contributed by atoms with Crippen molar-refractivity contribution in [3.05, 3.63) is 57.7 Å². The predicted octanol–water partition coefficient (Wildman–Crippen LogP) is 3.15. The normalized spacial score (nSPS) is 10.7. The van der Waals surface area contributed by atoms with Gasteiger partial charge in [0.25, 0.3) is 0 Å². The van der Waals surface area contributed by atoms with E-state index < -0.39 is 5.97 Å². The summed E-state index contributed by atoms with van der Waals surface area (Å²) in [4.78, 5) is 25.4. The molecule has 9 heteroatoms. The average Bonchev–Trinajstić information content (AvgIpc) is 3.11. The summed E-state index contributed by atoms with van der Waals surface area (Å²) < 4.78 is 6.28. The number of carbonyl (C=O) groups is 2. The lowest BCUT2D eigenvalue weighted by atomic mass is 10.1. The quantitative estimate of drug-likeness (QED) is 0.420. The summed E-state index contributed by atoms with van der Waals surface area (Å²) >= 11 is 2.19. The minimum Gasteiger partial charge on any atom is -0.459 e. The number of benzene rings is 2. The summed E-state index contributed by atoms with van der Waals surface area (Å²) in [5, 5.41) is 14.9. The smallest absolute Gasteiger partial charge is 0.338 e. The van der Waals surface area contributed by atoms with Crippen molar-refractivity contribution in [3.63, 3.8) is 0 Å². The summed E-state index contributed by atoms with van der Waals surface area (Å²) in [7, 11) is 0. The van der Waals surface area contributed by atoms with Crippen LogP contribution in [0.2, 0.25) is 0 Å². The fourth-order valence-electron chi connectivity index (χ4n) is 2.36. The molecule has 1 N–H and O–H groups in total. The Bertz CT molecular complexity index is 985. The van der Waals surface area contributed by atoms with Crippen LogP contribution in [-0.2, 0) is 16.1 Å². The zero-order valence-electron chi connectivity index (χ0n) is 15.3. The minimum absolute atomic E-state index is 0.0753. The Morgan fingerprint density at radius 1 is 1.18 bits per heavy atom. The first kappa shape index (κ1) is 19.9. The Morgan fingerprint density at radius 2 is 1.93 bits per heavy atom. The van der Waals surface area contributed by atoms with Crippen LogP contribution in [0.1, 0.15) is 24.2 Å². The van der Waals surface area contributed by atoms with E-state index in [1.54, 1.807) is 38.1 Å². The molecule has 1 aromatic heterocycles. The number of anilines is 1. The van der Waals surface area contributed by atoms with Crippen LogP contribution in [0.25, 0.3) is 11.4 Å². The third-order valence-electron chi connectivity index (χ3n) is 3.57. The Hall–Kier alpha value is -2.82. The molecule has 2 aromatic carbocycles. The molecule has 144 valence electrons. The summed E-state index contributed by atoms with van der Waals surface area (Å²) in [6.45, 7) is 3.50. The zero-order valence-corrected chi connectivity index (χ0v) is 17.5.